The SMILES string of the molecule is COc1ccc(C(=O)N2CCC(Cl)C2)cc1Br. The van der Waals surface area contributed by atoms with Crippen LogP contribution in [0.4, 0.5) is 0 Å². The predicted molar refractivity (Wildman–Crippen MR) is 70.9 cm³/mol. The molecule has 1 fully saturated rings. The van der Waals surface area contributed by atoms with Crippen molar-refractivity contribution >= 4 is 33.4 Å². The van der Waals surface area contributed by atoms with Crippen LogP contribution in [0.2, 0.25) is 0 Å². The van der Waals surface area contributed by atoms with E-state index in [1.54, 1.807) is 30.2 Å². The molecule has 1 aromatic rings. The van der Waals surface area contributed by atoms with Crippen LogP contribution in [-0.2, 0) is 0 Å². The van der Waals surface area contributed by atoms with Crippen LogP contribution in [0, 0.1) is 0 Å². The minimum Gasteiger partial charge on any atom is -0.496 e. The van der Waals surface area contributed by atoms with E-state index < -0.39 is 0 Å². The second-order valence-corrected chi connectivity index (χ2v) is 5.46. The van der Waals surface area contributed by atoms with E-state index in [0.717, 1.165) is 23.2 Å². The van der Waals surface area contributed by atoms with Gasteiger partial charge in [0.05, 0.1) is 17.0 Å². The topological polar surface area (TPSA) is 29.5 Å². The number of ether oxygens (including phenoxy) is 1. The van der Waals surface area contributed by atoms with E-state index in [-0.39, 0.29) is 11.3 Å². The summed E-state index contributed by atoms with van der Waals surface area (Å²) in [5, 5.41) is 0.0839. The van der Waals surface area contributed by atoms with Crippen molar-refractivity contribution < 1.29 is 9.53 Å². The molecule has 1 aliphatic heterocycles. The van der Waals surface area contributed by atoms with Crippen LogP contribution in [0.3, 0.4) is 0 Å². The zero-order valence-electron chi connectivity index (χ0n) is 9.45. The van der Waals surface area contributed by atoms with Gasteiger partial charge in [0.25, 0.3) is 5.91 Å². The maximum Gasteiger partial charge on any atom is 0.253 e. The highest BCUT2D eigenvalue weighted by atomic mass is 79.9. The van der Waals surface area contributed by atoms with Crippen LogP contribution < -0.4 is 4.74 Å². The van der Waals surface area contributed by atoms with Gasteiger partial charge in [-0.3, -0.25) is 4.79 Å². The van der Waals surface area contributed by atoms with Crippen molar-refractivity contribution in [3.05, 3.63) is 28.2 Å². The number of amides is 1. The molecule has 1 amide bonds. The maximum atomic E-state index is 12.1. The van der Waals surface area contributed by atoms with Crippen LogP contribution in [0.5, 0.6) is 5.75 Å². The van der Waals surface area contributed by atoms with E-state index in [0.29, 0.717) is 12.1 Å². The van der Waals surface area contributed by atoms with Gasteiger partial charge in [-0.15, -0.1) is 11.6 Å². The van der Waals surface area contributed by atoms with Gasteiger partial charge in [0.1, 0.15) is 5.75 Å². The third kappa shape index (κ3) is 2.75. The van der Waals surface area contributed by atoms with Crippen molar-refractivity contribution in [2.45, 2.75) is 11.8 Å². The molecule has 92 valence electrons. The van der Waals surface area contributed by atoms with Gasteiger partial charge in [-0.25, -0.2) is 0 Å². The highest BCUT2D eigenvalue weighted by molar-refractivity contribution is 9.10. The summed E-state index contributed by atoms with van der Waals surface area (Å²) < 4.78 is 5.91. The molecular weight excluding hydrogens is 305 g/mol. The number of nitrogens with zero attached hydrogens (tertiary/aromatic N) is 1. The second-order valence-electron chi connectivity index (χ2n) is 3.99. The number of carbonyl (C=O) groups is 1. The lowest BCUT2D eigenvalue weighted by molar-refractivity contribution is 0.0793. The second kappa shape index (κ2) is 5.27. The highest BCUT2D eigenvalue weighted by Gasteiger charge is 2.25. The fraction of sp³-hybridized carbons (Fsp3) is 0.417. The molecule has 1 aliphatic rings. The molecule has 1 saturated heterocycles. The fourth-order valence-corrected chi connectivity index (χ4v) is 2.69. The minimum absolute atomic E-state index is 0.0245. The molecule has 5 heteroatoms. The molecule has 0 saturated carbocycles. The zero-order valence-corrected chi connectivity index (χ0v) is 11.8. The molecule has 1 aromatic carbocycles. The van der Waals surface area contributed by atoms with Gasteiger partial charge < -0.3 is 9.64 Å². The first-order chi connectivity index (χ1) is 8.11. The van der Waals surface area contributed by atoms with Crippen molar-refractivity contribution in [2.75, 3.05) is 20.2 Å². The standard InChI is InChI=1S/C12H13BrClNO2/c1-17-11-3-2-8(6-10(11)13)12(16)15-5-4-9(14)7-15/h2-3,6,9H,4-5,7H2,1H3. The minimum atomic E-state index is 0.0245. The Morgan fingerprint density at radius 3 is 2.88 bits per heavy atom. The van der Waals surface area contributed by atoms with Crippen LogP contribution in [0.1, 0.15) is 16.8 Å². The van der Waals surface area contributed by atoms with Crippen LogP contribution in [0.15, 0.2) is 22.7 Å². The average Bonchev–Trinajstić information content (AvgIpc) is 2.75. The Labute approximate surface area is 114 Å². The lowest BCUT2D eigenvalue weighted by Crippen LogP contribution is -2.28. The van der Waals surface area contributed by atoms with Gasteiger partial charge in [-0.1, -0.05) is 0 Å². The molecule has 0 spiro atoms. The first-order valence-corrected chi connectivity index (χ1v) is 6.61. The largest absolute Gasteiger partial charge is 0.496 e. The number of alkyl halides is 1. The van der Waals surface area contributed by atoms with E-state index in [4.69, 9.17) is 16.3 Å². The Morgan fingerprint density at radius 1 is 1.59 bits per heavy atom. The molecule has 0 aliphatic carbocycles. The molecule has 0 N–H and O–H groups in total. The fourth-order valence-electron chi connectivity index (χ4n) is 1.88. The number of hydrogen-bond acceptors (Lipinski definition) is 2. The summed E-state index contributed by atoms with van der Waals surface area (Å²) in [5.41, 5.74) is 0.656. The Morgan fingerprint density at radius 2 is 2.35 bits per heavy atom. The molecular formula is C12H13BrClNO2. The number of hydrogen-bond donors (Lipinski definition) is 0. The number of likely N-dealkylation sites (tertiary alicyclic amines) is 1. The van der Waals surface area contributed by atoms with E-state index in [1.807, 2.05) is 0 Å². The smallest absolute Gasteiger partial charge is 0.253 e. The first kappa shape index (κ1) is 12.7. The van der Waals surface area contributed by atoms with Gasteiger partial charge >= 0.3 is 0 Å². The summed E-state index contributed by atoms with van der Waals surface area (Å²) in [7, 11) is 1.60. The molecule has 0 bridgehead atoms. The monoisotopic (exact) mass is 317 g/mol. The zero-order chi connectivity index (χ0) is 12.4. The van der Waals surface area contributed by atoms with Crippen molar-refractivity contribution in [3.63, 3.8) is 0 Å². The molecule has 0 radical (unpaired) electrons. The molecule has 17 heavy (non-hydrogen) atoms. The third-order valence-corrected chi connectivity index (χ3v) is 3.79. The predicted octanol–water partition coefficient (Wildman–Crippen LogP) is 2.91. The van der Waals surface area contributed by atoms with Gasteiger partial charge in [0.2, 0.25) is 0 Å². The Kier molecular flexibility index (Phi) is 3.94. The summed E-state index contributed by atoms with van der Waals surface area (Å²) in [6.45, 7) is 1.36. The molecule has 1 heterocycles. The van der Waals surface area contributed by atoms with Gasteiger partial charge in [0, 0.05) is 18.7 Å². The Balaban J connectivity index is 2.17. The number of carbonyl (C=O) groups excluding carboxylic acids is 1. The van der Waals surface area contributed by atoms with Crippen LogP contribution in [-0.4, -0.2) is 36.4 Å². The Bertz CT molecular complexity index is 439. The highest BCUT2D eigenvalue weighted by Crippen LogP contribution is 2.27. The normalized spacial score (nSPS) is 19.5. The molecule has 1 atom stereocenters. The molecule has 2 rings (SSSR count). The first-order valence-electron chi connectivity index (χ1n) is 5.38. The van der Waals surface area contributed by atoms with Crippen LogP contribution in [0.25, 0.3) is 0 Å². The molecule has 1 unspecified atom stereocenters. The van der Waals surface area contributed by atoms with Gasteiger partial charge in [0.15, 0.2) is 0 Å². The van der Waals surface area contributed by atoms with Crippen molar-refractivity contribution in [1.82, 2.24) is 4.90 Å². The van der Waals surface area contributed by atoms with Gasteiger partial charge in [-0.2, -0.15) is 0 Å². The number of halogens is 2. The third-order valence-electron chi connectivity index (χ3n) is 2.82. The van der Waals surface area contributed by atoms with Crippen molar-refractivity contribution in [2.24, 2.45) is 0 Å². The van der Waals surface area contributed by atoms with E-state index in [9.17, 15) is 4.79 Å². The average molecular weight is 319 g/mol. The van der Waals surface area contributed by atoms with E-state index in [1.165, 1.54) is 0 Å². The van der Waals surface area contributed by atoms with Crippen molar-refractivity contribution in [1.29, 1.82) is 0 Å². The van der Waals surface area contributed by atoms with Gasteiger partial charge in [-0.05, 0) is 40.5 Å². The summed E-state index contributed by atoms with van der Waals surface area (Å²) in [4.78, 5) is 13.9. The number of rotatable bonds is 2. The Hall–Kier alpha value is -0.740. The number of methoxy groups -OCH3 is 1. The van der Waals surface area contributed by atoms with Crippen molar-refractivity contribution in [3.8, 4) is 5.75 Å². The lowest BCUT2D eigenvalue weighted by Gasteiger charge is -2.16. The summed E-state index contributed by atoms with van der Waals surface area (Å²) >= 11 is 9.37. The van der Waals surface area contributed by atoms with E-state index in [2.05, 4.69) is 15.9 Å². The summed E-state index contributed by atoms with van der Waals surface area (Å²) in [6.07, 6.45) is 0.866. The maximum absolute atomic E-state index is 12.1. The van der Waals surface area contributed by atoms with Crippen LogP contribution >= 0.6 is 27.5 Å². The lowest BCUT2D eigenvalue weighted by atomic mass is 10.2. The number of benzene rings is 1. The molecule has 0 aromatic heterocycles. The quantitative estimate of drug-likeness (QED) is 0.785. The summed E-state index contributed by atoms with van der Waals surface area (Å²) in [5.74, 6) is 0.745. The molecule has 3 nitrogen and oxygen atoms in total. The summed E-state index contributed by atoms with van der Waals surface area (Å²) in [6, 6.07) is 5.34. The van der Waals surface area contributed by atoms with E-state index >= 15 is 0 Å².